The normalized spacial score (nSPS) is 10.4. The molecule has 1 N–H and O–H groups in total. The molecule has 0 atom stereocenters. The largest absolute Gasteiger partial charge is 0.345 e. The zero-order chi connectivity index (χ0) is 13.1. The van der Waals surface area contributed by atoms with E-state index in [1.54, 1.807) is 10.9 Å². The minimum absolute atomic E-state index is 0.131. The predicted octanol–water partition coefficient (Wildman–Crippen LogP) is 1.82. The Balaban J connectivity index is 2.08. The number of rotatable bonds is 3. The number of carbonyl (C=O) groups excluding carboxylic acids is 1. The van der Waals surface area contributed by atoms with E-state index in [0.29, 0.717) is 17.9 Å². The van der Waals surface area contributed by atoms with Crippen LogP contribution in [0.4, 0.5) is 0 Å². The van der Waals surface area contributed by atoms with Gasteiger partial charge in [0.1, 0.15) is 6.33 Å². The van der Waals surface area contributed by atoms with Crippen LogP contribution < -0.4 is 5.32 Å². The maximum absolute atomic E-state index is 12.0. The molecule has 1 heterocycles. The molecule has 2 aromatic rings. The molecule has 0 bridgehead atoms. The van der Waals surface area contributed by atoms with Crippen molar-refractivity contribution in [2.45, 2.75) is 13.5 Å². The van der Waals surface area contributed by atoms with Gasteiger partial charge in [-0.1, -0.05) is 11.6 Å². The Labute approximate surface area is 113 Å². The maximum atomic E-state index is 12.0. The summed E-state index contributed by atoms with van der Waals surface area (Å²) in [6.07, 6.45) is 1.60. The molecule has 0 fully saturated rings. The molecular weight excluding hydrogens is 296 g/mol. The maximum Gasteiger partial charge on any atom is 0.252 e. The first kappa shape index (κ1) is 12.8. The minimum Gasteiger partial charge on any atom is -0.345 e. The number of halogens is 1. The van der Waals surface area contributed by atoms with Crippen LogP contribution in [0.3, 0.4) is 0 Å². The van der Waals surface area contributed by atoms with Crippen LogP contribution >= 0.6 is 15.9 Å². The summed E-state index contributed by atoms with van der Waals surface area (Å²) in [5.74, 6) is 0.584. The quantitative estimate of drug-likeness (QED) is 0.941. The van der Waals surface area contributed by atoms with E-state index in [1.165, 1.54) is 0 Å². The molecule has 18 heavy (non-hydrogen) atoms. The average molecular weight is 309 g/mol. The molecule has 0 aliphatic rings. The lowest BCUT2D eigenvalue weighted by Crippen LogP contribution is -2.24. The molecule has 94 valence electrons. The molecule has 1 amide bonds. The molecule has 0 radical (unpaired) electrons. The van der Waals surface area contributed by atoms with Crippen molar-refractivity contribution in [3.05, 3.63) is 46.0 Å². The smallest absolute Gasteiger partial charge is 0.252 e. The molecule has 5 nitrogen and oxygen atoms in total. The van der Waals surface area contributed by atoms with E-state index < -0.39 is 0 Å². The second-order valence-electron chi connectivity index (χ2n) is 4.02. The molecule has 1 aromatic carbocycles. The van der Waals surface area contributed by atoms with Gasteiger partial charge in [0.05, 0.1) is 12.1 Å². The molecule has 2 rings (SSSR count). The number of amides is 1. The number of aryl methyl sites for hydroxylation is 2. The zero-order valence-corrected chi connectivity index (χ0v) is 11.7. The van der Waals surface area contributed by atoms with Gasteiger partial charge in [-0.3, -0.25) is 4.79 Å². The van der Waals surface area contributed by atoms with Crippen molar-refractivity contribution < 1.29 is 4.79 Å². The van der Waals surface area contributed by atoms with Gasteiger partial charge in [-0.05, 0) is 35.0 Å². The van der Waals surface area contributed by atoms with Crippen LogP contribution in [0, 0.1) is 6.92 Å². The number of hydrogen-bond donors (Lipinski definition) is 1. The second kappa shape index (κ2) is 5.30. The van der Waals surface area contributed by atoms with E-state index >= 15 is 0 Å². The summed E-state index contributed by atoms with van der Waals surface area (Å²) in [5, 5.41) is 10.5. The van der Waals surface area contributed by atoms with Gasteiger partial charge in [-0.2, -0.15) is 0 Å². The van der Waals surface area contributed by atoms with Crippen molar-refractivity contribution in [2.75, 3.05) is 0 Å². The van der Waals surface area contributed by atoms with Crippen molar-refractivity contribution in [1.29, 1.82) is 0 Å². The predicted molar refractivity (Wildman–Crippen MR) is 71.1 cm³/mol. The third-order valence-corrected chi connectivity index (χ3v) is 3.27. The molecular formula is C12H13BrN4O. The Morgan fingerprint density at radius 3 is 2.94 bits per heavy atom. The van der Waals surface area contributed by atoms with Gasteiger partial charge in [-0.25, -0.2) is 0 Å². The Hall–Kier alpha value is -1.69. The Morgan fingerprint density at radius 2 is 2.28 bits per heavy atom. The number of carbonyl (C=O) groups is 1. The lowest BCUT2D eigenvalue weighted by atomic mass is 10.1. The molecule has 0 aliphatic heterocycles. The van der Waals surface area contributed by atoms with Gasteiger partial charge in [0, 0.05) is 11.5 Å². The van der Waals surface area contributed by atoms with Gasteiger partial charge < -0.3 is 9.88 Å². The number of hydrogen-bond acceptors (Lipinski definition) is 3. The van der Waals surface area contributed by atoms with Crippen molar-refractivity contribution in [1.82, 2.24) is 20.1 Å². The third-order valence-electron chi connectivity index (χ3n) is 2.58. The highest BCUT2D eigenvalue weighted by atomic mass is 79.9. The van der Waals surface area contributed by atoms with Crippen LogP contribution in [0.2, 0.25) is 0 Å². The lowest BCUT2D eigenvalue weighted by Gasteiger charge is -2.07. The van der Waals surface area contributed by atoms with Crippen molar-refractivity contribution in [3.63, 3.8) is 0 Å². The summed E-state index contributed by atoms with van der Waals surface area (Å²) in [6, 6.07) is 5.66. The Morgan fingerprint density at radius 1 is 1.50 bits per heavy atom. The number of nitrogens with one attached hydrogen (secondary N) is 1. The third kappa shape index (κ3) is 2.76. The fourth-order valence-electron chi connectivity index (χ4n) is 1.53. The number of benzene rings is 1. The standard InChI is InChI=1S/C12H13BrN4O/c1-8-3-4-10(13)9(5-8)12(18)14-6-11-16-15-7-17(11)2/h3-5,7H,6H2,1-2H3,(H,14,18). The second-order valence-corrected chi connectivity index (χ2v) is 4.88. The van der Waals surface area contributed by atoms with Crippen molar-refractivity contribution in [3.8, 4) is 0 Å². The Bertz CT molecular complexity index is 579. The zero-order valence-electron chi connectivity index (χ0n) is 10.1. The first-order chi connectivity index (χ1) is 8.58. The summed E-state index contributed by atoms with van der Waals surface area (Å²) < 4.78 is 2.55. The molecule has 0 unspecified atom stereocenters. The first-order valence-corrected chi connectivity index (χ1v) is 6.24. The summed E-state index contributed by atoms with van der Waals surface area (Å²) in [5.41, 5.74) is 1.67. The number of nitrogens with zero attached hydrogens (tertiary/aromatic N) is 3. The summed E-state index contributed by atoms with van der Waals surface area (Å²) in [4.78, 5) is 12.0. The first-order valence-electron chi connectivity index (χ1n) is 5.45. The van der Waals surface area contributed by atoms with E-state index in [0.717, 1.165) is 10.0 Å². The van der Waals surface area contributed by atoms with Gasteiger partial charge in [0.25, 0.3) is 5.91 Å². The van der Waals surface area contributed by atoms with Crippen LogP contribution in [0.5, 0.6) is 0 Å². The van der Waals surface area contributed by atoms with Crippen LogP contribution in [-0.2, 0) is 13.6 Å². The van der Waals surface area contributed by atoms with Gasteiger partial charge in [-0.15, -0.1) is 10.2 Å². The van der Waals surface area contributed by atoms with E-state index in [-0.39, 0.29) is 5.91 Å². The summed E-state index contributed by atoms with van der Waals surface area (Å²) in [7, 11) is 1.84. The highest BCUT2D eigenvalue weighted by Gasteiger charge is 2.11. The highest BCUT2D eigenvalue weighted by molar-refractivity contribution is 9.10. The van der Waals surface area contributed by atoms with Gasteiger partial charge in [0.2, 0.25) is 0 Å². The fraction of sp³-hybridized carbons (Fsp3) is 0.250. The average Bonchev–Trinajstić information content (AvgIpc) is 2.75. The summed E-state index contributed by atoms with van der Waals surface area (Å²) in [6.45, 7) is 2.31. The lowest BCUT2D eigenvalue weighted by molar-refractivity contribution is 0.0948. The van der Waals surface area contributed by atoms with E-state index in [9.17, 15) is 4.79 Å². The van der Waals surface area contributed by atoms with Crippen molar-refractivity contribution in [2.24, 2.45) is 7.05 Å². The SMILES string of the molecule is Cc1ccc(Br)c(C(=O)NCc2nncn2C)c1. The minimum atomic E-state index is -0.131. The van der Waals surface area contributed by atoms with E-state index in [4.69, 9.17) is 0 Å². The molecule has 0 aliphatic carbocycles. The van der Waals surface area contributed by atoms with Crippen LogP contribution in [0.25, 0.3) is 0 Å². The highest BCUT2D eigenvalue weighted by Crippen LogP contribution is 2.17. The van der Waals surface area contributed by atoms with Crippen LogP contribution in [0.1, 0.15) is 21.7 Å². The summed E-state index contributed by atoms with van der Waals surface area (Å²) >= 11 is 3.37. The van der Waals surface area contributed by atoms with Gasteiger partial charge in [0.15, 0.2) is 5.82 Å². The van der Waals surface area contributed by atoms with E-state index in [2.05, 4.69) is 31.4 Å². The number of aromatic nitrogens is 3. The van der Waals surface area contributed by atoms with Crippen molar-refractivity contribution >= 4 is 21.8 Å². The van der Waals surface area contributed by atoms with E-state index in [1.807, 2.05) is 32.2 Å². The molecule has 0 saturated heterocycles. The molecule has 1 aromatic heterocycles. The fourth-order valence-corrected chi connectivity index (χ4v) is 1.96. The molecule has 6 heteroatoms. The molecule has 0 saturated carbocycles. The van der Waals surface area contributed by atoms with Crippen LogP contribution in [-0.4, -0.2) is 20.7 Å². The van der Waals surface area contributed by atoms with Crippen LogP contribution in [0.15, 0.2) is 29.0 Å². The van der Waals surface area contributed by atoms with Gasteiger partial charge >= 0.3 is 0 Å². The molecule has 0 spiro atoms. The monoisotopic (exact) mass is 308 g/mol. The topological polar surface area (TPSA) is 59.8 Å². The Kier molecular flexibility index (Phi) is 3.76.